The molecule has 0 saturated heterocycles. The van der Waals surface area contributed by atoms with E-state index in [4.69, 9.17) is 9.97 Å². The Morgan fingerprint density at radius 2 is 0.718 bits per heavy atom. The molecular weight excluding hydrogens is 1040 g/mol. The molecule has 10 aromatic rings. The molecule has 4 nitrogen and oxygen atoms in total. The summed E-state index contributed by atoms with van der Waals surface area (Å²) >= 11 is 0. The van der Waals surface area contributed by atoms with Crippen molar-refractivity contribution in [3.05, 3.63) is 168 Å². The van der Waals surface area contributed by atoms with Crippen molar-refractivity contribution in [1.82, 2.24) is 18.8 Å². The van der Waals surface area contributed by atoms with E-state index in [2.05, 4.69) is 149 Å². The van der Waals surface area contributed by atoms with E-state index in [1.54, 1.807) is 22.3 Å². The maximum absolute atomic E-state index is 5.11. The first-order valence-electron chi connectivity index (χ1n) is 27.5. The summed E-state index contributed by atoms with van der Waals surface area (Å²) < 4.78 is 4.92. The van der Waals surface area contributed by atoms with E-state index < -0.39 is 0 Å². The van der Waals surface area contributed by atoms with Gasteiger partial charge in [0, 0.05) is 53.7 Å². The van der Waals surface area contributed by atoms with Gasteiger partial charge in [-0.25, -0.2) is 4.98 Å². The third kappa shape index (κ3) is 8.43. The van der Waals surface area contributed by atoms with E-state index in [0.29, 0.717) is 23.7 Å². The molecule has 4 aliphatic carbocycles. The second-order valence-electron chi connectivity index (χ2n) is 21.6. The summed E-state index contributed by atoms with van der Waals surface area (Å²) in [5, 5.41) is 7.48. The van der Waals surface area contributed by atoms with Crippen LogP contribution in [0.3, 0.4) is 0 Å². The minimum atomic E-state index is 0. The van der Waals surface area contributed by atoms with Crippen molar-refractivity contribution in [1.29, 1.82) is 0 Å². The topological polar surface area (TPSA) is 34.6 Å². The zero-order valence-electron chi connectivity index (χ0n) is 41.4. The molecule has 0 amide bonds. The van der Waals surface area contributed by atoms with Gasteiger partial charge in [0.1, 0.15) is 5.65 Å². The third-order valence-corrected chi connectivity index (χ3v) is 17.6. The number of nitrogens with zero attached hydrogens (tertiary/aromatic N) is 4. The van der Waals surface area contributed by atoms with Gasteiger partial charge in [-0.1, -0.05) is 179 Å². The van der Waals surface area contributed by atoms with Crippen molar-refractivity contribution in [3.63, 3.8) is 0 Å². The van der Waals surface area contributed by atoms with Gasteiger partial charge in [0.15, 0.2) is 0 Å². The molecule has 4 saturated carbocycles. The fourth-order valence-electron chi connectivity index (χ4n) is 14.2. The quantitative estimate of drug-likeness (QED) is 0.123. The summed E-state index contributed by atoms with van der Waals surface area (Å²) in [6.07, 6.45) is 31.3. The van der Waals surface area contributed by atoms with Crippen LogP contribution in [0, 0.1) is 6.07 Å². The van der Waals surface area contributed by atoms with Gasteiger partial charge in [-0.2, -0.15) is 0 Å². The number of pyridine rings is 2. The van der Waals surface area contributed by atoms with E-state index in [0.717, 1.165) is 16.7 Å². The number of hydrogen-bond donors (Lipinski definition) is 0. The van der Waals surface area contributed by atoms with E-state index in [1.807, 2.05) is 6.07 Å². The first-order valence-corrected chi connectivity index (χ1v) is 27.5. The summed E-state index contributed by atoms with van der Waals surface area (Å²) in [5.74, 6) is 2.65. The van der Waals surface area contributed by atoms with Crippen molar-refractivity contribution in [2.45, 2.75) is 152 Å². The van der Waals surface area contributed by atoms with Crippen molar-refractivity contribution in [3.8, 4) is 22.5 Å². The summed E-state index contributed by atoms with van der Waals surface area (Å²) in [5.41, 5.74) is 16.5. The molecule has 1 radical (unpaired) electrons. The van der Waals surface area contributed by atoms with Gasteiger partial charge in [-0.3, -0.25) is 9.38 Å². The molecule has 4 fully saturated rings. The van der Waals surface area contributed by atoms with Crippen LogP contribution in [0.2, 0.25) is 0 Å². The molecule has 4 aromatic heterocycles. The predicted octanol–water partition coefficient (Wildman–Crippen LogP) is 18.6. The molecule has 5 heteroatoms. The second kappa shape index (κ2) is 20.5. The molecule has 0 unspecified atom stereocenters. The van der Waals surface area contributed by atoms with Gasteiger partial charge in [0.2, 0.25) is 0 Å². The summed E-state index contributed by atoms with van der Waals surface area (Å²) in [7, 11) is 0. The Labute approximate surface area is 433 Å². The monoisotopic (exact) mass is 1110 g/mol. The summed E-state index contributed by atoms with van der Waals surface area (Å²) in [6, 6.07) is 50.8. The fourth-order valence-corrected chi connectivity index (χ4v) is 14.2. The summed E-state index contributed by atoms with van der Waals surface area (Å²) in [4.78, 5) is 10.2. The molecule has 0 spiro atoms. The van der Waals surface area contributed by atoms with Gasteiger partial charge >= 0.3 is 0 Å². The maximum Gasteiger partial charge on any atom is 0.145 e. The number of benzene rings is 6. The van der Waals surface area contributed by atoms with Crippen LogP contribution in [-0.2, 0) is 20.1 Å². The Balaban J connectivity index is 0.000000144. The number of fused-ring (bicyclic) bond motifs is 12. The zero-order chi connectivity index (χ0) is 46.4. The molecule has 0 aliphatic heterocycles. The first kappa shape index (κ1) is 46.5. The third-order valence-electron chi connectivity index (χ3n) is 17.6. The van der Waals surface area contributed by atoms with Crippen LogP contribution >= 0.6 is 0 Å². The normalized spacial score (nSPS) is 17.8. The molecule has 0 bridgehead atoms. The standard InChI is InChI=1S/C33H34N2.C33H33N2.Ir/c2*1-3-12-23(13-4-1)25-19-11-20-26(24-14-5-2-6-15-24)32(25)31-22-34-33-29-18-8-7-16-27(29)28-17-9-10-21-30(28)35(31)33;/h7-11,16-24H,1-6,12-15H2;7-11,16-17,19-24H,1-6,12-15H2;/q;-1;. The number of para-hydroxylation sites is 2. The summed E-state index contributed by atoms with van der Waals surface area (Å²) in [6.45, 7) is 0. The minimum absolute atomic E-state index is 0. The maximum atomic E-state index is 5.11. The van der Waals surface area contributed by atoms with E-state index in [9.17, 15) is 0 Å². The average molecular weight is 1110 g/mol. The van der Waals surface area contributed by atoms with Crippen LogP contribution < -0.4 is 0 Å². The molecule has 361 valence electrons. The van der Waals surface area contributed by atoms with E-state index >= 15 is 0 Å². The molecule has 14 rings (SSSR count). The zero-order valence-corrected chi connectivity index (χ0v) is 43.7. The van der Waals surface area contributed by atoms with Crippen LogP contribution in [0.5, 0.6) is 0 Å². The number of rotatable bonds is 6. The van der Waals surface area contributed by atoms with Crippen molar-refractivity contribution < 1.29 is 20.1 Å². The molecule has 0 atom stereocenters. The van der Waals surface area contributed by atoms with E-state index in [1.165, 1.54) is 189 Å². The van der Waals surface area contributed by atoms with Gasteiger partial charge in [0.05, 0.1) is 28.7 Å². The van der Waals surface area contributed by atoms with Gasteiger partial charge in [0.25, 0.3) is 0 Å². The van der Waals surface area contributed by atoms with Crippen LogP contribution in [0.25, 0.3) is 77.2 Å². The average Bonchev–Trinajstić information content (AvgIpc) is 4.11. The smallest absolute Gasteiger partial charge is 0.145 e. The van der Waals surface area contributed by atoms with Crippen molar-refractivity contribution in [2.75, 3.05) is 0 Å². The van der Waals surface area contributed by atoms with Crippen LogP contribution in [0.15, 0.2) is 140 Å². The first-order chi connectivity index (χ1) is 34.8. The predicted molar refractivity (Wildman–Crippen MR) is 293 cm³/mol. The Morgan fingerprint density at radius 3 is 1.18 bits per heavy atom. The second-order valence-corrected chi connectivity index (χ2v) is 21.6. The molecule has 0 N–H and O–H groups in total. The van der Waals surface area contributed by atoms with E-state index in [-0.39, 0.29) is 20.1 Å². The van der Waals surface area contributed by atoms with Crippen molar-refractivity contribution in [2.24, 2.45) is 0 Å². The fraction of sp³-hybridized carbons (Fsp3) is 0.364. The molecule has 4 heterocycles. The van der Waals surface area contributed by atoms with Crippen LogP contribution in [-0.4, -0.2) is 18.8 Å². The minimum Gasteiger partial charge on any atom is -0.333 e. The Hall–Kier alpha value is -5.61. The van der Waals surface area contributed by atoms with Gasteiger partial charge < -0.3 is 4.40 Å². The van der Waals surface area contributed by atoms with Gasteiger partial charge in [-0.05, 0) is 120 Å². The molecule has 71 heavy (non-hydrogen) atoms. The van der Waals surface area contributed by atoms with Crippen molar-refractivity contribution >= 4 is 54.6 Å². The molecule has 6 aromatic carbocycles. The SMILES string of the molecule is [Ir].[c-]1cccc2c1c1ncc(-c3c(C4CCCCC4)cccc3C3CCCCC3)n1c1ccccc21.c1cc(C2CCCCC2)c(-c2cnc3c4ccccc4c4ccccc4n23)c(C2CCCCC2)c1. The Kier molecular flexibility index (Phi) is 13.4. The molecule has 4 aliphatic rings. The van der Waals surface area contributed by atoms with Crippen LogP contribution in [0.1, 0.15) is 174 Å². The van der Waals surface area contributed by atoms with Crippen LogP contribution in [0.4, 0.5) is 0 Å². The number of aromatic nitrogens is 4. The van der Waals surface area contributed by atoms with Gasteiger partial charge in [-0.15, -0.1) is 29.7 Å². The largest absolute Gasteiger partial charge is 0.333 e. The number of hydrogen-bond acceptors (Lipinski definition) is 2. The Morgan fingerprint density at radius 1 is 0.352 bits per heavy atom. The molecular formula is C66H67IrN4-. The Bertz CT molecular complexity index is 3190. The number of imidazole rings is 2.